The van der Waals surface area contributed by atoms with Gasteiger partial charge in [-0.2, -0.15) is 0 Å². The van der Waals surface area contributed by atoms with Crippen molar-refractivity contribution in [3.05, 3.63) is 80.9 Å². The van der Waals surface area contributed by atoms with Crippen LogP contribution in [-0.2, 0) is 17.7 Å². The SMILES string of the molecule is Cc1cc([C@@H]2CN(c3cc4c(=O)n5c(nc4c(-c4ccc(Cl)cc4F)n3)CCC5)CCO2)ccn1. The molecule has 0 spiro atoms. The van der Waals surface area contributed by atoms with E-state index < -0.39 is 5.82 Å². The van der Waals surface area contributed by atoms with Crippen LogP contribution in [0.2, 0.25) is 5.02 Å². The van der Waals surface area contributed by atoms with Crippen molar-refractivity contribution in [1.29, 1.82) is 0 Å². The summed E-state index contributed by atoms with van der Waals surface area (Å²) in [6, 6.07) is 10.2. The second kappa shape index (κ2) is 8.70. The number of benzene rings is 1. The van der Waals surface area contributed by atoms with E-state index in [0.717, 1.165) is 17.7 Å². The van der Waals surface area contributed by atoms with E-state index in [-0.39, 0.29) is 17.2 Å². The van der Waals surface area contributed by atoms with Gasteiger partial charge in [0.15, 0.2) is 0 Å². The van der Waals surface area contributed by atoms with Crippen LogP contribution in [0.25, 0.3) is 22.2 Å². The maximum atomic E-state index is 15.1. The number of hydrogen-bond donors (Lipinski definition) is 0. The van der Waals surface area contributed by atoms with E-state index in [0.29, 0.717) is 65.9 Å². The molecule has 2 aliphatic rings. The zero-order chi connectivity index (χ0) is 24.1. The van der Waals surface area contributed by atoms with Gasteiger partial charge in [0.1, 0.15) is 34.8 Å². The summed E-state index contributed by atoms with van der Waals surface area (Å²) in [5.74, 6) is 0.809. The first-order valence-electron chi connectivity index (χ1n) is 11.7. The van der Waals surface area contributed by atoms with Crippen LogP contribution in [0.4, 0.5) is 10.2 Å². The zero-order valence-electron chi connectivity index (χ0n) is 19.2. The Kier molecular flexibility index (Phi) is 5.50. The minimum Gasteiger partial charge on any atom is -0.370 e. The van der Waals surface area contributed by atoms with Crippen molar-refractivity contribution < 1.29 is 9.13 Å². The van der Waals surface area contributed by atoms with Crippen LogP contribution in [0.3, 0.4) is 0 Å². The Bertz CT molecular complexity index is 1520. The first kappa shape index (κ1) is 22.1. The summed E-state index contributed by atoms with van der Waals surface area (Å²) >= 11 is 6.01. The Morgan fingerprint density at radius 3 is 2.86 bits per heavy atom. The summed E-state index contributed by atoms with van der Waals surface area (Å²) in [7, 11) is 0. The number of aromatic nitrogens is 4. The Morgan fingerprint density at radius 2 is 2.03 bits per heavy atom. The summed E-state index contributed by atoms with van der Waals surface area (Å²) in [4.78, 5) is 29.4. The number of rotatable bonds is 3. The van der Waals surface area contributed by atoms with Gasteiger partial charge in [0.2, 0.25) is 0 Å². The molecule has 1 saturated heterocycles. The number of fused-ring (bicyclic) bond motifs is 2. The Hall–Kier alpha value is -3.36. The molecule has 0 unspecified atom stereocenters. The minimum absolute atomic E-state index is 0.115. The Labute approximate surface area is 206 Å². The average molecular weight is 492 g/mol. The molecular formula is C26H23ClFN5O2. The van der Waals surface area contributed by atoms with Crippen molar-refractivity contribution >= 4 is 28.3 Å². The second-order valence-electron chi connectivity index (χ2n) is 8.97. The van der Waals surface area contributed by atoms with Gasteiger partial charge in [0.25, 0.3) is 5.56 Å². The lowest BCUT2D eigenvalue weighted by atomic mass is 10.1. The Morgan fingerprint density at radius 1 is 1.14 bits per heavy atom. The van der Waals surface area contributed by atoms with Gasteiger partial charge in [0, 0.05) is 48.5 Å². The van der Waals surface area contributed by atoms with Gasteiger partial charge in [-0.15, -0.1) is 0 Å². The number of hydrogen-bond acceptors (Lipinski definition) is 6. The van der Waals surface area contributed by atoms with Crippen LogP contribution < -0.4 is 10.5 Å². The highest BCUT2D eigenvalue weighted by Crippen LogP contribution is 2.33. The first-order valence-corrected chi connectivity index (χ1v) is 12.0. The molecule has 2 aliphatic heterocycles. The van der Waals surface area contributed by atoms with Gasteiger partial charge in [-0.25, -0.2) is 14.4 Å². The molecule has 7 nitrogen and oxygen atoms in total. The third-order valence-electron chi connectivity index (χ3n) is 6.66. The number of nitrogens with zero attached hydrogens (tertiary/aromatic N) is 5. The smallest absolute Gasteiger partial charge is 0.261 e. The second-order valence-corrected chi connectivity index (χ2v) is 9.41. The third kappa shape index (κ3) is 3.96. The van der Waals surface area contributed by atoms with Crippen LogP contribution in [0.5, 0.6) is 0 Å². The van der Waals surface area contributed by atoms with E-state index in [1.807, 2.05) is 19.1 Å². The molecule has 35 heavy (non-hydrogen) atoms. The molecule has 1 fully saturated rings. The molecular weight excluding hydrogens is 469 g/mol. The zero-order valence-corrected chi connectivity index (χ0v) is 19.9. The predicted octanol–water partition coefficient (Wildman–Crippen LogP) is 4.48. The summed E-state index contributed by atoms with van der Waals surface area (Å²) in [6.07, 6.45) is 3.18. The van der Waals surface area contributed by atoms with Crippen LogP contribution in [0, 0.1) is 12.7 Å². The van der Waals surface area contributed by atoms with E-state index in [9.17, 15) is 4.79 Å². The molecule has 4 aromatic rings. The molecule has 6 rings (SSSR count). The van der Waals surface area contributed by atoms with E-state index in [2.05, 4.69) is 9.88 Å². The van der Waals surface area contributed by atoms with Gasteiger partial charge >= 0.3 is 0 Å². The predicted molar refractivity (Wildman–Crippen MR) is 132 cm³/mol. The monoisotopic (exact) mass is 491 g/mol. The van der Waals surface area contributed by atoms with Crippen molar-refractivity contribution in [2.45, 2.75) is 32.4 Å². The molecule has 3 aromatic heterocycles. The molecule has 1 atom stereocenters. The lowest BCUT2D eigenvalue weighted by Crippen LogP contribution is -2.39. The maximum absolute atomic E-state index is 15.1. The van der Waals surface area contributed by atoms with Crippen molar-refractivity contribution in [1.82, 2.24) is 19.5 Å². The summed E-state index contributed by atoms with van der Waals surface area (Å²) in [5.41, 5.74) is 2.87. The molecule has 0 radical (unpaired) electrons. The van der Waals surface area contributed by atoms with Crippen LogP contribution in [-0.4, -0.2) is 39.2 Å². The molecule has 0 aliphatic carbocycles. The maximum Gasteiger partial charge on any atom is 0.261 e. The third-order valence-corrected chi connectivity index (χ3v) is 6.89. The van der Waals surface area contributed by atoms with Gasteiger partial charge in [-0.3, -0.25) is 14.3 Å². The molecule has 0 amide bonds. The Balaban J connectivity index is 1.51. The van der Waals surface area contributed by atoms with E-state index >= 15 is 4.39 Å². The molecule has 9 heteroatoms. The molecule has 0 saturated carbocycles. The van der Waals surface area contributed by atoms with Gasteiger partial charge in [-0.05, 0) is 55.3 Å². The molecule has 0 N–H and O–H groups in total. The van der Waals surface area contributed by atoms with Crippen LogP contribution >= 0.6 is 11.6 Å². The number of anilines is 1. The van der Waals surface area contributed by atoms with E-state index in [1.54, 1.807) is 29.0 Å². The van der Waals surface area contributed by atoms with Gasteiger partial charge in [-0.1, -0.05) is 11.6 Å². The molecule has 0 bridgehead atoms. The van der Waals surface area contributed by atoms with Crippen molar-refractivity contribution in [3.63, 3.8) is 0 Å². The normalized spacial score (nSPS) is 17.7. The largest absolute Gasteiger partial charge is 0.370 e. The summed E-state index contributed by atoms with van der Waals surface area (Å²) in [5, 5.41) is 0.733. The standard InChI is InChI=1S/C26H23ClFN5O2/c1-15-11-16(6-7-29-15)21-14-32(9-10-35-21)23-13-19-25(30-22-3-2-8-33(22)26(19)34)24(31-23)18-5-4-17(27)12-20(18)28/h4-7,11-13,21H,2-3,8-10,14H2,1H3/t21-/m0/s1. The fourth-order valence-electron chi connectivity index (χ4n) is 4.93. The first-order chi connectivity index (χ1) is 17.0. The van der Waals surface area contributed by atoms with Crippen LogP contribution in [0.15, 0.2) is 47.4 Å². The van der Waals surface area contributed by atoms with Crippen molar-refractivity contribution in [2.24, 2.45) is 0 Å². The van der Waals surface area contributed by atoms with E-state index in [1.165, 1.54) is 6.07 Å². The minimum atomic E-state index is -0.502. The highest BCUT2D eigenvalue weighted by Gasteiger charge is 2.27. The number of ether oxygens (including phenoxy) is 1. The van der Waals surface area contributed by atoms with Gasteiger partial charge < -0.3 is 9.64 Å². The number of halogens is 2. The lowest BCUT2D eigenvalue weighted by Gasteiger charge is -2.34. The van der Waals surface area contributed by atoms with Gasteiger partial charge in [0.05, 0.1) is 12.0 Å². The fraction of sp³-hybridized carbons (Fsp3) is 0.308. The summed E-state index contributed by atoms with van der Waals surface area (Å²) in [6.45, 7) is 4.23. The highest BCUT2D eigenvalue weighted by atomic mass is 35.5. The van der Waals surface area contributed by atoms with Crippen LogP contribution in [0.1, 0.15) is 29.6 Å². The molecule has 5 heterocycles. The van der Waals surface area contributed by atoms with E-state index in [4.69, 9.17) is 26.3 Å². The number of pyridine rings is 2. The molecule has 178 valence electrons. The lowest BCUT2D eigenvalue weighted by molar-refractivity contribution is 0.0394. The van der Waals surface area contributed by atoms with Crippen molar-refractivity contribution in [3.8, 4) is 11.3 Å². The topological polar surface area (TPSA) is 73.1 Å². The summed E-state index contributed by atoms with van der Waals surface area (Å²) < 4.78 is 22.8. The quantitative estimate of drug-likeness (QED) is 0.421. The highest BCUT2D eigenvalue weighted by molar-refractivity contribution is 6.30. The average Bonchev–Trinajstić information content (AvgIpc) is 3.33. The molecule has 1 aromatic carbocycles. The fourth-order valence-corrected chi connectivity index (χ4v) is 5.09. The number of aryl methyl sites for hydroxylation is 2. The number of morpholine rings is 1. The van der Waals surface area contributed by atoms with Crippen molar-refractivity contribution in [2.75, 3.05) is 24.6 Å².